The first-order chi connectivity index (χ1) is 10.7. The number of halogens is 1. The zero-order valence-electron chi connectivity index (χ0n) is 13.4. The highest BCUT2D eigenvalue weighted by molar-refractivity contribution is 6.30. The maximum absolute atomic E-state index is 11.8. The second kappa shape index (κ2) is 8.53. The van der Waals surface area contributed by atoms with Crippen molar-refractivity contribution in [1.29, 1.82) is 0 Å². The van der Waals surface area contributed by atoms with Crippen molar-refractivity contribution in [3.05, 3.63) is 34.9 Å². The van der Waals surface area contributed by atoms with Crippen LogP contribution in [0.15, 0.2) is 24.3 Å². The minimum Gasteiger partial charge on any atom is -0.454 e. The van der Waals surface area contributed by atoms with Gasteiger partial charge in [0.1, 0.15) is 6.54 Å². The SMILES string of the molecule is CCC(C)(C)NC(=O)COC(=O)CNC(=O)c1ccc(Cl)cc1. The quantitative estimate of drug-likeness (QED) is 0.743. The number of benzene rings is 1. The Labute approximate surface area is 140 Å². The zero-order valence-corrected chi connectivity index (χ0v) is 14.2. The van der Waals surface area contributed by atoms with Gasteiger partial charge in [0.15, 0.2) is 6.61 Å². The summed E-state index contributed by atoms with van der Waals surface area (Å²) >= 11 is 5.73. The smallest absolute Gasteiger partial charge is 0.325 e. The maximum Gasteiger partial charge on any atom is 0.325 e. The summed E-state index contributed by atoms with van der Waals surface area (Å²) in [6, 6.07) is 6.25. The van der Waals surface area contributed by atoms with Gasteiger partial charge in [-0.1, -0.05) is 18.5 Å². The number of rotatable bonds is 7. The van der Waals surface area contributed by atoms with Crippen LogP contribution in [0.5, 0.6) is 0 Å². The normalized spacial score (nSPS) is 10.8. The second-order valence-corrected chi connectivity index (χ2v) is 6.07. The lowest BCUT2D eigenvalue weighted by Crippen LogP contribution is -2.45. The van der Waals surface area contributed by atoms with Crippen molar-refractivity contribution in [1.82, 2.24) is 10.6 Å². The summed E-state index contributed by atoms with van der Waals surface area (Å²) in [6.45, 7) is 5.00. The van der Waals surface area contributed by atoms with E-state index in [1.54, 1.807) is 24.3 Å². The number of amides is 2. The predicted molar refractivity (Wildman–Crippen MR) is 87.3 cm³/mol. The fraction of sp³-hybridized carbons (Fsp3) is 0.438. The molecular weight excluding hydrogens is 320 g/mol. The fourth-order valence-corrected chi connectivity index (χ4v) is 1.68. The molecule has 6 nitrogen and oxygen atoms in total. The molecule has 2 amide bonds. The third-order valence-corrected chi connectivity index (χ3v) is 3.48. The number of nitrogens with one attached hydrogen (secondary N) is 2. The zero-order chi connectivity index (χ0) is 17.5. The van der Waals surface area contributed by atoms with E-state index in [0.717, 1.165) is 6.42 Å². The summed E-state index contributed by atoms with van der Waals surface area (Å²) in [5, 5.41) is 5.67. The maximum atomic E-state index is 11.8. The van der Waals surface area contributed by atoms with Gasteiger partial charge in [0, 0.05) is 16.1 Å². The molecule has 1 aromatic carbocycles. The Bertz CT molecular complexity index is 570. The lowest BCUT2D eigenvalue weighted by Gasteiger charge is -2.24. The highest BCUT2D eigenvalue weighted by atomic mass is 35.5. The van der Waals surface area contributed by atoms with E-state index in [1.807, 2.05) is 20.8 Å². The van der Waals surface area contributed by atoms with Gasteiger partial charge in [0.2, 0.25) is 0 Å². The Morgan fingerprint density at radius 1 is 1.17 bits per heavy atom. The van der Waals surface area contributed by atoms with Crippen LogP contribution in [0.4, 0.5) is 0 Å². The fourth-order valence-electron chi connectivity index (χ4n) is 1.55. The molecule has 0 fully saturated rings. The van der Waals surface area contributed by atoms with E-state index >= 15 is 0 Å². The van der Waals surface area contributed by atoms with Crippen molar-refractivity contribution in [2.45, 2.75) is 32.7 Å². The summed E-state index contributed by atoms with van der Waals surface area (Å²) in [5.74, 6) is -1.49. The van der Waals surface area contributed by atoms with Crippen molar-refractivity contribution in [3.8, 4) is 0 Å². The first kappa shape index (κ1) is 19.0. The molecule has 0 saturated carbocycles. The molecule has 7 heteroatoms. The number of carbonyl (C=O) groups is 3. The molecular formula is C16H21ClN2O4. The minimum absolute atomic E-state index is 0.314. The summed E-state index contributed by atoms with van der Waals surface area (Å²) < 4.78 is 4.81. The van der Waals surface area contributed by atoms with Gasteiger partial charge < -0.3 is 15.4 Å². The van der Waals surface area contributed by atoms with E-state index < -0.39 is 11.9 Å². The van der Waals surface area contributed by atoms with Crippen molar-refractivity contribution < 1.29 is 19.1 Å². The average molecular weight is 341 g/mol. The Hall–Kier alpha value is -2.08. The van der Waals surface area contributed by atoms with E-state index in [4.69, 9.17) is 16.3 Å². The molecule has 0 atom stereocenters. The molecule has 2 N–H and O–H groups in total. The van der Waals surface area contributed by atoms with Crippen LogP contribution in [-0.2, 0) is 14.3 Å². The van der Waals surface area contributed by atoms with Crippen molar-refractivity contribution >= 4 is 29.4 Å². The van der Waals surface area contributed by atoms with Gasteiger partial charge in [-0.15, -0.1) is 0 Å². The van der Waals surface area contributed by atoms with Gasteiger partial charge in [-0.05, 0) is 44.5 Å². The van der Waals surface area contributed by atoms with Gasteiger partial charge in [0.25, 0.3) is 11.8 Å². The molecule has 0 bridgehead atoms. The van der Waals surface area contributed by atoms with E-state index in [0.29, 0.717) is 10.6 Å². The van der Waals surface area contributed by atoms with Gasteiger partial charge in [-0.3, -0.25) is 14.4 Å². The standard InChI is InChI=1S/C16H21ClN2O4/c1-4-16(2,3)19-13(20)10-23-14(21)9-18-15(22)11-5-7-12(17)8-6-11/h5-8H,4,9-10H2,1-3H3,(H,18,22)(H,19,20). The predicted octanol–water partition coefficient (Wildman–Crippen LogP) is 1.92. The van der Waals surface area contributed by atoms with Crippen LogP contribution in [0, 0.1) is 0 Å². The number of ether oxygens (including phenoxy) is 1. The first-order valence-corrected chi connectivity index (χ1v) is 7.61. The Morgan fingerprint density at radius 2 is 1.78 bits per heavy atom. The third kappa shape index (κ3) is 7.15. The largest absolute Gasteiger partial charge is 0.454 e. The molecule has 126 valence electrons. The van der Waals surface area contributed by atoms with Gasteiger partial charge in [-0.2, -0.15) is 0 Å². The van der Waals surface area contributed by atoms with Gasteiger partial charge in [0.05, 0.1) is 0 Å². The molecule has 0 saturated heterocycles. The van der Waals surface area contributed by atoms with Crippen LogP contribution < -0.4 is 10.6 Å². The highest BCUT2D eigenvalue weighted by Crippen LogP contribution is 2.09. The lowest BCUT2D eigenvalue weighted by atomic mass is 10.0. The van der Waals surface area contributed by atoms with E-state index in [-0.39, 0.29) is 24.6 Å². The summed E-state index contributed by atoms with van der Waals surface area (Å²) in [5.41, 5.74) is 0.0244. The number of hydrogen-bond acceptors (Lipinski definition) is 4. The molecule has 0 aliphatic carbocycles. The van der Waals surface area contributed by atoms with E-state index in [9.17, 15) is 14.4 Å². The molecule has 23 heavy (non-hydrogen) atoms. The van der Waals surface area contributed by atoms with Crippen LogP contribution in [0.25, 0.3) is 0 Å². The van der Waals surface area contributed by atoms with E-state index in [1.165, 1.54) is 0 Å². The molecule has 1 rings (SSSR count). The van der Waals surface area contributed by atoms with Crippen LogP contribution >= 0.6 is 11.6 Å². The van der Waals surface area contributed by atoms with Crippen LogP contribution in [0.1, 0.15) is 37.6 Å². The van der Waals surface area contributed by atoms with Crippen molar-refractivity contribution in [2.24, 2.45) is 0 Å². The Morgan fingerprint density at radius 3 is 2.35 bits per heavy atom. The monoisotopic (exact) mass is 340 g/mol. The topological polar surface area (TPSA) is 84.5 Å². The second-order valence-electron chi connectivity index (χ2n) is 5.64. The number of hydrogen-bond donors (Lipinski definition) is 2. The van der Waals surface area contributed by atoms with Gasteiger partial charge >= 0.3 is 5.97 Å². The lowest BCUT2D eigenvalue weighted by molar-refractivity contribution is -0.148. The van der Waals surface area contributed by atoms with Gasteiger partial charge in [-0.25, -0.2) is 0 Å². The molecule has 0 aromatic heterocycles. The summed E-state index contributed by atoms with van der Waals surface area (Å²) in [7, 11) is 0. The van der Waals surface area contributed by atoms with E-state index in [2.05, 4.69) is 10.6 Å². The van der Waals surface area contributed by atoms with Crippen LogP contribution in [0.2, 0.25) is 5.02 Å². The molecule has 0 heterocycles. The van der Waals surface area contributed by atoms with Crippen LogP contribution in [0.3, 0.4) is 0 Å². The molecule has 0 radical (unpaired) electrons. The number of carbonyl (C=O) groups excluding carboxylic acids is 3. The minimum atomic E-state index is -0.684. The van der Waals surface area contributed by atoms with Crippen molar-refractivity contribution in [3.63, 3.8) is 0 Å². The summed E-state index contributed by atoms with van der Waals surface area (Å²) in [4.78, 5) is 34.9. The summed E-state index contributed by atoms with van der Waals surface area (Å²) in [6.07, 6.45) is 0.754. The Kier molecular flexibility index (Phi) is 7.03. The third-order valence-electron chi connectivity index (χ3n) is 3.23. The van der Waals surface area contributed by atoms with Crippen molar-refractivity contribution in [2.75, 3.05) is 13.2 Å². The molecule has 0 aliphatic rings. The number of esters is 1. The first-order valence-electron chi connectivity index (χ1n) is 7.24. The van der Waals surface area contributed by atoms with Crippen LogP contribution in [-0.4, -0.2) is 36.5 Å². The molecule has 0 unspecified atom stereocenters. The molecule has 1 aromatic rings. The highest BCUT2D eigenvalue weighted by Gasteiger charge is 2.18. The molecule has 0 aliphatic heterocycles. The molecule has 0 spiro atoms. The Balaban J connectivity index is 2.33. The average Bonchev–Trinajstić information content (AvgIpc) is 2.51.